The van der Waals surface area contributed by atoms with Crippen molar-refractivity contribution in [3.05, 3.63) is 52.8 Å². The first-order valence-electron chi connectivity index (χ1n) is 10.8. The van der Waals surface area contributed by atoms with Gasteiger partial charge in [0.05, 0.1) is 6.54 Å². The average Bonchev–Trinajstić information content (AvgIpc) is 3.07. The van der Waals surface area contributed by atoms with Crippen molar-refractivity contribution in [2.24, 2.45) is 18.9 Å². The van der Waals surface area contributed by atoms with Gasteiger partial charge in [-0.15, -0.1) is 0 Å². The Kier molecular flexibility index (Phi) is 8.99. The number of benzene rings is 1. The van der Waals surface area contributed by atoms with E-state index < -0.39 is 0 Å². The maximum absolute atomic E-state index is 13.2. The molecule has 0 atom stereocenters. The second-order valence-electron chi connectivity index (χ2n) is 8.95. The molecule has 0 spiro atoms. The van der Waals surface area contributed by atoms with E-state index in [1.54, 1.807) is 11.0 Å². The quantitative estimate of drug-likeness (QED) is 0.578. The van der Waals surface area contributed by atoms with E-state index in [4.69, 9.17) is 11.6 Å². The Labute approximate surface area is 191 Å². The minimum absolute atomic E-state index is 0.0285. The molecule has 1 N–H and O–H groups in total. The fraction of sp³-hybridized carbons (Fsp3) is 0.500. The lowest BCUT2D eigenvalue weighted by atomic mass is 10.2. The number of amides is 3. The van der Waals surface area contributed by atoms with E-state index in [2.05, 4.69) is 19.2 Å². The van der Waals surface area contributed by atoms with Gasteiger partial charge in [-0.1, -0.05) is 45.4 Å². The summed E-state index contributed by atoms with van der Waals surface area (Å²) in [6, 6.07) is 9.09. The van der Waals surface area contributed by atoms with Crippen LogP contribution in [0.3, 0.4) is 0 Å². The van der Waals surface area contributed by atoms with E-state index in [0.717, 1.165) is 11.3 Å². The molecule has 6 nitrogen and oxygen atoms in total. The van der Waals surface area contributed by atoms with Crippen molar-refractivity contribution in [1.82, 2.24) is 14.4 Å². The third kappa shape index (κ3) is 7.62. The molecule has 0 radical (unpaired) electrons. The molecule has 0 fully saturated rings. The number of hydrogen-bond acceptors (Lipinski definition) is 2. The predicted octanol–water partition coefficient (Wildman–Crippen LogP) is 5.16. The molecule has 170 valence electrons. The summed E-state index contributed by atoms with van der Waals surface area (Å²) in [5.74, 6) is 0.491. The lowest BCUT2D eigenvalue weighted by molar-refractivity contribution is -0.133. The number of aryl methyl sites for hydroxylation is 2. The van der Waals surface area contributed by atoms with Gasteiger partial charge in [0, 0.05) is 42.7 Å². The number of carbonyl (C=O) groups is 2. The van der Waals surface area contributed by atoms with Crippen LogP contribution in [-0.2, 0) is 18.4 Å². The fourth-order valence-electron chi connectivity index (χ4n) is 3.35. The van der Waals surface area contributed by atoms with Crippen LogP contribution < -0.4 is 5.32 Å². The summed E-state index contributed by atoms with van der Waals surface area (Å²) < 4.78 is 2.01. The summed E-state index contributed by atoms with van der Waals surface area (Å²) >= 11 is 6.19. The molecule has 0 aliphatic rings. The number of aromatic nitrogens is 1. The summed E-state index contributed by atoms with van der Waals surface area (Å²) in [6.07, 6.45) is 1.97. The van der Waals surface area contributed by atoms with Gasteiger partial charge in [-0.3, -0.25) is 4.79 Å². The molecular formula is C24H35ClN4O2. The standard InChI is InChI=1S/C24H35ClN4O2/c1-17(2)13-28(15-21-8-7-11-27(21)6)23(30)16-29(14-18(3)4)24(31)26-20-10-9-19(5)22(25)12-20/h7-12,17-18H,13-16H2,1-6H3,(H,26,31). The molecule has 0 aliphatic carbocycles. The summed E-state index contributed by atoms with van der Waals surface area (Å²) in [6.45, 7) is 11.8. The fourth-order valence-corrected chi connectivity index (χ4v) is 3.53. The minimum Gasteiger partial charge on any atom is -0.353 e. The highest BCUT2D eigenvalue weighted by atomic mass is 35.5. The monoisotopic (exact) mass is 446 g/mol. The van der Waals surface area contributed by atoms with Crippen LogP contribution in [0.5, 0.6) is 0 Å². The van der Waals surface area contributed by atoms with Gasteiger partial charge in [-0.2, -0.15) is 0 Å². The van der Waals surface area contributed by atoms with Gasteiger partial charge in [0.2, 0.25) is 5.91 Å². The summed E-state index contributed by atoms with van der Waals surface area (Å²) in [5.41, 5.74) is 2.62. The number of nitrogens with zero attached hydrogens (tertiary/aromatic N) is 3. The molecule has 0 bridgehead atoms. The third-order valence-corrected chi connectivity index (χ3v) is 5.37. The van der Waals surface area contributed by atoms with Crippen molar-refractivity contribution in [1.29, 1.82) is 0 Å². The summed E-state index contributed by atoms with van der Waals surface area (Å²) in [4.78, 5) is 29.6. The van der Waals surface area contributed by atoms with Crippen molar-refractivity contribution in [2.45, 2.75) is 41.2 Å². The molecule has 1 aromatic heterocycles. The Hall–Kier alpha value is -2.47. The van der Waals surface area contributed by atoms with Crippen LogP contribution >= 0.6 is 11.6 Å². The van der Waals surface area contributed by atoms with Crippen molar-refractivity contribution in [3.8, 4) is 0 Å². The number of nitrogens with one attached hydrogen (secondary N) is 1. The van der Waals surface area contributed by atoms with E-state index in [0.29, 0.717) is 36.3 Å². The van der Waals surface area contributed by atoms with E-state index in [1.165, 1.54) is 0 Å². The molecule has 0 saturated heterocycles. The van der Waals surface area contributed by atoms with Gasteiger partial charge in [-0.05, 0) is 48.6 Å². The molecule has 1 aromatic carbocycles. The SMILES string of the molecule is Cc1ccc(NC(=O)N(CC(=O)N(Cc2cccn2C)CC(C)C)CC(C)C)cc1Cl. The van der Waals surface area contributed by atoms with Crippen molar-refractivity contribution in [2.75, 3.05) is 25.0 Å². The first kappa shape index (κ1) is 24.8. The van der Waals surface area contributed by atoms with E-state index in [-0.39, 0.29) is 24.4 Å². The van der Waals surface area contributed by atoms with E-state index >= 15 is 0 Å². The van der Waals surface area contributed by atoms with Gasteiger partial charge >= 0.3 is 6.03 Å². The molecule has 0 aliphatic heterocycles. The maximum atomic E-state index is 13.2. The molecule has 3 amide bonds. The van der Waals surface area contributed by atoms with Gasteiger partial charge in [0.15, 0.2) is 0 Å². The number of hydrogen-bond donors (Lipinski definition) is 1. The second kappa shape index (κ2) is 11.2. The normalized spacial score (nSPS) is 11.1. The molecule has 0 unspecified atom stereocenters. The van der Waals surface area contributed by atoms with E-state index in [1.807, 2.05) is 67.7 Å². The highest BCUT2D eigenvalue weighted by molar-refractivity contribution is 6.31. The van der Waals surface area contributed by atoms with Crippen LogP contribution in [0.2, 0.25) is 5.02 Å². The molecule has 2 aromatic rings. The first-order valence-corrected chi connectivity index (χ1v) is 11.1. The molecule has 2 rings (SSSR count). The zero-order valence-corrected chi connectivity index (χ0v) is 20.2. The van der Waals surface area contributed by atoms with Crippen molar-refractivity contribution < 1.29 is 9.59 Å². The zero-order valence-electron chi connectivity index (χ0n) is 19.5. The molecule has 7 heteroatoms. The Bertz CT molecular complexity index is 891. The first-order chi connectivity index (χ1) is 14.6. The van der Waals surface area contributed by atoms with Crippen LogP contribution in [0.4, 0.5) is 10.5 Å². The van der Waals surface area contributed by atoms with E-state index in [9.17, 15) is 9.59 Å². The number of anilines is 1. The predicted molar refractivity (Wildman–Crippen MR) is 127 cm³/mol. The molecular weight excluding hydrogens is 412 g/mol. The van der Waals surface area contributed by atoms with Crippen molar-refractivity contribution in [3.63, 3.8) is 0 Å². The highest BCUT2D eigenvalue weighted by Gasteiger charge is 2.23. The molecule has 1 heterocycles. The van der Waals surface area contributed by atoms with Crippen molar-refractivity contribution >= 4 is 29.2 Å². The van der Waals surface area contributed by atoms with Crippen LogP contribution in [0.1, 0.15) is 39.0 Å². The van der Waals surface area contributed by atoms with Crippen LogP contribution in [0.15, 0.2) is 36.5 Å². The lowest BCUT2D eigenvalue weighted by Gasteiger charge is -2.30. The number of urea groups is 1. The Morgan fingerprint density at radius 3 is 2.26 bits per heavy atom. The number of carbonyl (C=O) groups excluding carboxylic acids is 2. The summed E-state index contributed by atoms with van der Waals surface area (Å²) in [7, 11) is 1.97. The number of halogens is 1. The second-order valence-corrected chi connectivity index (χ2v) is 9.35. The maximum Gasteiger partial charge on any atom is 0.322 e. The Morgan fingerprint density at radius 2 is 1.71 bits per heavy atom. The average molecular weight is 447 g/mol. The van der Waals surface area contributed by atoms with Gasteiger partial charge in [-0.25, -0.2) is 4.79 Å². The largest absolute Gasteiger partial charge is 0.353 e. The summed E-state index contributed by atoms with van der Waals surface area (Å²) in [5, 5.41) is 3.48. The number of rotatable bonds is 9. The molecule has 0 saturated carbocycles. The Balaban J connectivity index is 2.15. The lowest BCUT2D eigenvalue weighted by Crippen LogP contribution is -2.46. The van der Waals surface area contributed by atoms with Crippen LogP contribution in [0, 0.1) is 18.8 Å². The van der Waals surface area contributed by atoms with Crippen LogP contribution in [-0.4, -0.2) is 45.9 Å². The topological polar surface area (TPSA) is 57.6 Å². The molecule has 31 heavy (non-hydrogen) atoms. The van der Waals surface area contributed by atoms with Gasteiger partial charge < -0.3 is 19.7 Å². The highest BCUT2D eigenvalue weighted by Crippen LogP contribution is 2.20. The minimum atomic E-state index is -0.301. The van der Waals surface area contributed by atoms with Gasteiger partial charge in [0.25, 0.3) is 0 Å². The smallest absolute Gasteiger partial charge is 0.322 e. The van der Waals surface area contributed by atoms with Gasteiger partial charge in [0.1, 0.15) is 6.54 Å². The Morgan fingerprint density at radius 1 is 1.06 bits per heavy atom. The zero-order chi connectivity index (χ0) is 23.1. The van der Waals surface area contributed by atoms with Crippen LogP contribution in [0.25, 0.3) is 0 Å². The third-order valence-electron chi connectivity index (χ3n) is 4.96.